The Morgan fingerprint density at radius 2 is 1.65 bits per heavy atom. The van der Waals surface area contributed by atoms with E-state index in [2.05, 4.69) is 10.6 Å². The number of carbonyl (C=O) groups excluding carboxylic acids is 1. The molecule has 0 unspecified atom stereocenters. The molecule has 1 saturated heterocycles. The molecule has 1 heterocycles. The largest absolute Gasteiger partial charge is 0.353 e. The predicted octanol–water partition coefficient (Wildman–Crippen LogP) is 2.22. The lowest BCUT2D eigenvalue weighted by Crippen LogP contribution is -2.43. The van der Waals surface area contributed by atoms with E-state index in [0.29, 0.717) is 17.9 Å². The summed E-state index contributed by atoms with van der Waals surface area (Å²) in [6.45, 7) is 2.10. The molecule has 0 spiro atoms. The fraction of sp³-hybridized carbons (Fsp3) is 0.929. The highest BCUT2D eigenvalue weighted by molar-refractivity contribution is 5.76. The zero-order chi connectivity index (χ0) is 11.9. The van der Waals surface area contributed by atoms with E-state index >= 15 is 0 Å². The fourth-order valence-corrected chi connectivity index (χ4v) is 3.08. The minimum absolute atomic E-state index is 0.295. The number of nitrogens with one attached hydrogen (secondary N) is 2. The van der Waals surface area contributed by atoms with Crippen molar-refractivity contribution >= 4 is 5.91 Å². The molecular weight excluding hydrogens is 212 g/mol. The van der Waals surface area contributed by atoms with E-state index in [1.54, 1.807) is 0 Å². The van der Waals surface area contributed by atoms with Crippen molar-refractivity contribution in [1.82, 2.24) is 10.6 Å². The Morgan fingerprint density at radius 3 is 2.29 bits per heavy atom. The minimum atomic E-state index is 0.295. The van der Waals surface area contributed by atoms with Crippen molar-refractivity contribution < 1.29 is 4.79 Å². The molecule has 1 amide bonds. The lowest BCUT2D eigenvalue weighted by Gasteiger charge is -2.24. The van der Waals surface area contributed by atoms with Crippen LogP contribution in [0.4, 0.5) is 0 Å². The first-order valence-electron chi connectivity index (χ1n) is 7.34. The number of carbonyl (C=O) groups is 1. The Balaban J connectivity index is 1.68. The second-order valence-electron chi connectivity index (χ2n) is 5.65. The van der Waals surface area contributed by atoms with Crippen LogP contribution in [0.15, 0.2) is 0 Å². The van der Waals surface area contributed by atoms with Crippen LogP contribution in [0.1, 0.15) is 57.8 Å². The molecule has 0 radical (unpaired) electrons. The Morgan fingerprint density at radius 1 is 1.00 bits per heavy atom. The first-order chi connectivity index (χ1) is 8.34. The van der Waals surface area contributed by atoms with Crippen molar-refractivity contribution in [3.05, 3.63) is 0 Å². The van der Waals surface area contributed by atoms with Gasteiger partial charge >= 0.3 is 0 Å². The molecule has 0 aromatic carbocycles. The SMILES string of the molecule is O=C(CC1CCCCCC1)NC1CCNCC1. The summed E-state index contributed by atoms with van der Waals surface area (Å²) in [6.07, 6.45) is 10.9. The summed E-state index contributed by atoms with van der Waals surface area (Å²) in [4.78, 5) is 12.0. The number of hydrogen-bond donors (Lipinski definition) is 2. The highest BCUT2D eigenvalue weighted by Crippen LogP contribution is 2.25. The quantitative estimate of drug-likeness (QED) is 0.740. The average molecular weight is 238 g/mol. The van der Waals surface area contributed by atoms with E-state index in [9.17, 15) is 4.79 Å². The average Bonchev–Trinajstić information content (AvgIpc) is 2.59. The molecule has 0 aromatic rings. The summed E-state index contributed by atoms with van der Waals surface area (Å²) < 4.78 is 0. The summed E-state index contributed by atoms with van der Waals surface area (Å²) >= 11 is 0. The smallest absolute Gasteiger partial charge is 0.220 e. The molecule has 98 valence electrons. The number of amides is 1. The fourth-order valence-electron chi connectivity index (χ4n) is 3.08. The monoisotopic (exact) mass is 238 g/mol. The number of piperidine rings is 1. The van der Waals surface area contributed by atoms with Crippen molar-refractivity contribution in [3.63, 3.8) is 0 Å². The Bertz CT molecular complexity index is 228. The molecule has 2 aliphatic rings. The van der Waals surface area contributed by atoms with Crippen LogP contribution in [0.2, 0.25) is 0 Å². The zero-order valence-electron chi connectivity index (χ0n) is 10.8. The first kappa shape index (κ1) is 12.9. The van der Waals surface area contributed by atoms with Crippen molar-refractivity contribution in [1.29, 1.82) is 0 Å². The molecule has 0 atom stereocenters. The first-order valence-corrected chi connectivity index (χ1v) is 7.34. The summed E-state index contributed by atoms with van der Waals surface area (Å²) in [5.74, 6) is 0.947. The molecule has 1 aliphatic heterocycles. The van der Waals surface area contributed by atoms with Gasteiger partial charge in [0.1, 0.15) is 0 Å². The van der Waals surface area contributed by atoms with Gasteiger partial charge in [-0.25, -0.2) is 0 Å². The highest BCUT2D eigenvalue weighted by atomic mass is 16.1. The molecule has 17 heavy (non-hydrogen) atoms. The molecule has 0 bridgehead atoms. The summed E-state index contributed by atoms with van der Waals surface area (Å²) in [6, 6.07) is 0.425. The number of hydrogen-bond acceptors (Lipinski definition) is 2. The van der Waals surface area contributed by atoms with Crippen molar-refractivity contribution in [2.45, 2.75) is 63.8 Å². The zero-order valence-corrected chi connectivity index (χ0v) is 10.8. The van der Waals surface area contributed by atoms with Crippen molar-refractivity contribution in [3.8, 4) is 0 Å². The minimum Gasteiger partial charge on any atom is -0.353 e. The molecular formula is C14H26N2O. The van der Waals surface area contributed by atoms with Crippen LogP contribution in [0.25, 0.3) is 0 Å². The summed E-state index contributed by atoms with van der Waals surface area (Å²) in [5, 5.41) is 6.53. The van der Waals surface area contributed by atoms with E-state index in [-0.39, 0.29) is 0 Å². The van der Waals surface area contributed by atoms with Crippen LogP contribution in [0.3, 0.4) is 0 Å². The van der Waals surface area contributed by atoms with Crippen LogP contribution >= 0.6 is 0 Å². The van der Waals surface area contributed by atoms with Gasteiger partial charge in [-0.1, -0.05) is 25.7 Å². The van der Waals surface area contributed by atoms with Gasteiger partial charge in [0, 0.05) is 12.5 Å². The van der Waals surface area contributed by atoms with Crippen LogP contribution in [-0.2, 0) is 4.79 Å². The summed E-state index contributed by atoms with van der Waals surface area (Å²) in [5.41, 5.74) is 0. The van der Waals surface area contributed by atoms with E-state index in [4.69, 9.17) is 0 Å². The maximum absolute atomic E-state index is 12.0. The third-order valence-electron chi connectivity index (χ3n) is 4.15. The molecule has 3 nitrogen and oxygen atoms in total. The Hall–Kier alpha value is -0.570. The van der Waals surface area contributed by atoms with Crippen molar-refractivity contribution in [2.75, 3.05) is 13.1 Å². The molecule has 2 N–H and O–H groups in total. The van der Waals surface area contributed by atoms with Gasteiger partial charge in [-0.2, -0.15) is 0 Å². The van der Waals surface area contributed by atoms with Gasteiger partial charge in [-0.3, -0.25) is 4.79 Å². The topological polar surface area (TPSA) is 41.1 Å². The second-order valence-corrected chi connectivity index (χ2v) is 5.65. The maximum Gasteiger partial charge on any atom is 0.220 e. The highest BCUT2D eigenvalue weighted by Gasteiger charge is 2.19. The normalized spacial score (nSPS) is 24.2. The van der Waals surface area contributed by atoms with Gasteiger partial charge in [0.25, 0.3) is 0 Å². The van der Waals surface area contributed by atoms with Crippen LogP contribution in [0.5, 0.6) is 0 Å². The van der Waals surface area contributed by atoms with E-state index in [1.807, 2.05) is 0 Å². The molecule has 0 aromatic heterocycles. The predicted molar refractivity (Wildman–Crippen MR) is 69.8 cm³/mol. The molecule has 2 fully saturated rings. The lowest BCUT2D eigenvalue weighted by atomic mass is 9.96. The number of rotatable bonds is 3. The van der Waals surface area contributed by atoms with E-state index < -0.39 is 0 Å². The van der Waals surface area contributed by atoms with Gasteiger partial charge in [-0.05, 0) is 44.7 Å². The van der Waals surface area contributed by atoms with Crippen LogP contribution in [-0.4, -0.2) is 25.0 Å². The molecule has 3 heteroatoms. The van der Waals surface area contributed by atoms with Gasteiger partial charge in [0.05, 0.1) is 0 Å². The lowest BCUT2D eigenvalue weighted by molar-refractivity contribution is -0.123. The van der Waals surface area contributed by atoms with Crippen LogP contribution in [0, 0.1) is 5.92 Å². The van der Waals surface area contributed by atoms with E-state index in [1.165, 1.54) is 38.5 Å². The maximum atomic E-state index is 12.0. The molecule has 1 aliphatic carbocycles. The van der Waals surface area contributed by atoms with E-state index in [0.717, 1.165) is 32.4 Å². The third kappa shape index (κ3) is 4.66. The Labute approximate surface area is 105 Å². The van der Waals surface area contributed by atoms with Gasteiger partial charge < -0.3 is 10.6 Å². The summed E-state index contributed by atoms with van der Waals surface area (Å²) in [7, 11) is 0. The second kappa shape index (κ2) is 7.00. The van der Waals surface area contributed by atoms with Gasteiger partial charge in [0.15, 0.2) is 0 Å². The van der Waals surface area contributed by atoms with Crippen LogP contribution < -0.4 is 10.6 Å². The molecule has 2 rings (SSSR count). The standard InChI is InChI=1S/C14H26N2O/c17-14(16-13-7-9-15-10-8-13)11-12-5-3-1-2-4-6-12/h12-13,15H,1-11H2,(H,16,17). The third-order valence-corrected chi connectivity index (χ3v) is 4.15. The van der Waals surface area contributed by atoms with Crippen molar-refractivity contribution in [2.24, 2.45) is 5.92 Å². The van der Waals surface area contributed by atoms with Gasteiger partial charge in [-0.15, -0.1) is 0 Å². The molecule has 1 saturated carbocycles. The van der Waals surface area contributed by atoms with Gasteiger partial charge in [0.2, 0.25) is 5.91 Å². The Kier molecular flexibility index (Phi) is 5.30.